The highest BCUT2D eigenvalue weighted by atomic mass is 19.4. The Morgan fingerprint density at radius 1 is 1.27 bits per heavy atom. The lowest BCUT2D eigenvalue weighted by Crippen LogP contribution is -2.50. The van der Waals surface area contributed by atoms with Gasteiger partial charge < -0.3 is 10.2 Å². The Bertz CT molecular complexity index is 462. The summed E-state index contributed by atoms with van der Waals surface area (Å²) in [6.45, 7) is 10.3. The maximum atomic E-state index is 12.5. The van der Waals surface area contributed by atoms with Crippen molar-refractivity contribution in [1.82, 2.24) is 15.1 Å². The minimum Gasteiger partial charge on any atom is -0.357 e. The summed E-state index contributed by atoms with van der Waals surface area (Å²) < 4.78 is 37.6. The molecule has 2 atom stereocenters. The van der Waals surface area contributed by atoms with Gasteiger partial charge in [-0.3, -0.25) is 9.89 Å². The van der Waals surface area contributed by atoms with E-state index in [0.29, 0.717) is 25.0 Å². The van der Waals surface area contributed by atoms with Crippen molar-refractivity contribution in [1.29, 1.82) is 0 Å². The summed E-state index contributed by atoms with van der Waals surface area (Å²) in [6.07, 6.45) is 1.53. The first kappa shape index (κ1) is 21.3. The van der Waals surface area contributed by atoms with Crippen LogP contribution in [0.3, 0.4) is 0 Å². The van der Waals surface area contributed by atoms with E-state index in [4.69, 9.17) is 4.99 Å². The molecule has 2 rings (SSSR count). The van der Waals surface area contributed by atoms with E-state index in [1.54, 1.807) is 0 Å². The van der Waals surface area contributed by atoms with Gasteiger partial charge in [-0.1, -0.05) is 20.3 Å². The van der Waals surface area contributed by atoms with Crippen molar-refractivity contribution >= 4 is 5.96 Å². The molecule has 2 unspecified atom stereocenters. The van der Waals surface area contributed by atoms with Crippen LogP contribution in [0.15, 0.2) is 4.99 Å². The van der Waals surface area contributed by atoms with E-state index in [-0.39, 0.29) is 5.92 Å². The molecular formula is C19H35F3N4. The molecule has 4 nitrogen and oxygen atoms in total. The quantitative estimate of drug-likeness (QED) is 0.566. The highest BCUT2D eigenvalue weighted by Gasteiger charge is 2.35. The molecule has 2 aliphatic rings. The van der Waals surface area contributed by atoms with Crippen molar-refractivity contribution in [3.8, 4) is 0 Å². The van der Waals surface area contributed by atoms with Crippen molar-refractivity contribution in [3.63, 3.8) is 0 Å². The molecule has 2 saturated heterocycles. The van der Waals surface area contributed by atoms with E-state index in [1.165, 1.54) is 30.6 Å². The number of likely N-dealkylation sites (tertiary alicyclic amines) is 2. The SMILES string of the molecule is CCCC1(C)CCCN(C(=NCC2CCN(CC(F)(F)F)C2)NCC)C1. The zero-order valence-electron chi connectivity index (χ0n) is 16.5. The maximum absolute atomic E-state index is 12.5. The Morgan fingerprint density at radius 3 is 2.69 bits per heavy atom. The molecule has 2 heterocycles. The number of alkyl halides is 3. The average Bonchev–Trinajstić information content (AvgIpc) is 2.96. The maximum Gasteiger partial charge on any atom is 0.401 e. The molecule has 0 aromatic heterocycles. The number of hydrogen-bond donors (Lipinski definition) is 1. The highest BCUT2D eigenvalue weighted by Crippen LogP contribution is 2.34. The van der Waals surface area contributed by atoms with Crippen molar-refractivity contribution < 1.29 is 13.2 Å². The molecule has 26 heavy (non-hydrogen) atoms. The van der Waals surface area contributed by atoms with Gasteiger partial charge in [0.2, 0.25) is 0 Å². The lowest BCUT2D eigenvalue weighted by Gasteiger charge is -2.42. The molecule has 0 spiro atoms. The van der Waals surface area contributed by atoms with Crippen molar-refractivity contribution in [2.75, 3.05) is 45.8 Å². The molecular weight excluding hydrogens is 341 g/mol. The number of piperidine rings is 1. The molecule has 0 aromatic rings. The van der Waals surface area contributed by atoms with Crippen LogP contribution in [0.5, 0.6) is 0 Å². The second kappa shape index (κ2) is 9.29. The van der Waals surface area contributed by atoms with Gasteiger partial charge in [0.05, 0.1) is 6.54 Å². The van der Waals surface area contributed by atoms with Crippen LogP contribution in [-0.4, -0.2) is 67.7 Å². The van der Waals surface area contributed by atoms with Gasteiger partial charge in [0.15, 0.2) is 5.96 Å². The van der Waals surface area contributed by atoms with Crippen LogP contribution in [0.4, 0.5) is 13.2 Å². The molecule has 2 fully saturated rings. The van der Waals surface area contributed by atoms with E-state index < -0.39 is 12.7 Å². The fourth-order valence-electron chi connectivity index (χ4n) is 4.40. The molecule has 0 radical (unpaired) electrons. The fourth-order valence-corrected chi connectivity index (χ4v) is 4.40. The molecule has 0 aliphatic carbocycles. The van der Waals surface area contributed by atoms with Crippen LogP contribution in [0.25, 0.3) is 0 Å². The Balaban J connectivity index is 1.92. The summed E-state index contributed by atoms with van der Waals surface area (Å²) in [7, 11) is 0. The first-order valence-electron chi connectivity index (χ1n) is 10.1. The average molecular weight is 377 g/mol. The Kier molecular flexibility index (Phi) is 7.62. The van der Waals surface area contributed by atoms with Crippen LogP contribution in [0.1, 0.15) is 52.9 Å². The predicted octanol–water partition coefficient (Wildman–Crippen LogP) is 3.74. The molecule has 0 bridgehead atoms. The second-order valence-corrected chi connectivity index (χ2v) is 8.29. The van der Waals surface area contributed by atoms with Gasteiger partial charge in [-0.05, 0) is 50.5 Å². The monoisotopic (exact) mass is 376 g/mol. The number of rotatable bonds is 6. The van der Waals surface area contributed by atoms with Crippen molar-refractivity contribution in [3.05, 3.63) is 0 Å². The first-order valence-corrected chi connectivity index (χ1v) is 10.1. The smallest absolute Gasteiger partial charge is 0.357 e. The van der Waals surface area contributed by atoms with Crippen molar-refractivity contribution in [2.24, 2.45) is 16.3 Å². The Morgan fingerprint density at radius 2 is 2.04 bits per heavy atom. The number of halogens is 3. The van der Waals surface area contributed by atoms with Gasteiger partial charge in [0.25, 0.3) is 0 Å². The fraction of sp³-hybridized carbons (Fsp3) is 0.947. The summed E-state index contributed by atoms with van der Waals surface area (Å²) in [5, 5.41) is 3.39. The van der Waals surface area contributed by atoms with E-state index >= 15 is 0 Å². The lowest BCUT2D eigenvalue weighted by atomic mass is 9.78. The van der Waals surface area contributed by atoms with E-state index in [2.05, 4.69) is 31.0 Å². The molecule has 0 amide bonds. The van der Waals surface area contributed by atoms with Gasteiger partial charge in [0, 0.05) is 32.7 Å². The van der Waals surface area contributed by atoms with E-state index in [1.807, 2.05) is 0 Å². The number of nitrogens with one attached hydrogen (secondary N) is 1. The normalized spacial score (nSPS) is 28.6. The lowest BCUT2D eigenvalue weighted by molar-refractivity contribution is -0.143. The Labute approximate surface area is 156 Å². The van der Waals surface area contributed by atoms with E-state index in [0.717, 1.165) is 32.0 Å². The molecule has 0 aromatic carbocycles. The standard InChI is InChI=1S/C19H35F3N4/c1-4-8-18(3)9-6-10-26(14-18)17(23-5-2)24-12-16-7-11-25(13-16)15-19(20,21)22/h16H,4-15H2,1-3H3,(H,23,24). The van der Waals surface area contributed by atoms with Gasteiger partial charge >= 0.3 is 6.18 Å². The number of hydrogen-bond acceptors (Lipinski definition) is 2. The number of aliphatic imine (C=N–C) groups is 1. The molecule has 152 valence electrons. The summed E-state index contributed by atoms with van der Waals surface area (Å²) in [5.74, 6) is 1.15. The summed E-state index contributed by atoms with van der Waals surface area (Å²) >= 11 is 0. The minimum atomic E-state index is -4.11. The summed E-state index contributed by atoms with van der Waals surface area (Å²) in [5.41, 5.74) is 0.333. The van der Waals surface area contributed by atoms with Crippen LogP contribution >= 0.6 is 0 Å². The minimum absolute atomic E-state index is 0.220. The number of nitrogens with zero attached hydrogens (tertiary/aromatic N) is 3. The number of guanidine groups is 1. The third-order valence-corrected chi connectivity index (χ3v) is 5.54. The van der Waals surface area contributed by atoms with Crippen LogP contribution in [0.2, 0.25) is 0 Å². The highest BCUT2D eigenvalue weighted by molar-refractivity contribution is 5.80. The third-order valence-electron chi connectivity index (χ3n) is 5.54. The second-order valence-electron chi connectivity index (χ2n) is 8.29. The zero-order chi connectivity index (χ0) is 19.2. The summed E-state index contributed by atoms with van der Waals surface area (Å²) in [4.78, 5) is 8.66. The molecule has 1 N–H and O–H groups in total. The van der Waals surface area contributed by atoms with Gasteiger partial charge in [0.1, 0.15) is 0 Å². The predicted molar refractivity (Wildman–Crippen MR) is 100 cm³/mol. The topological polar surface area (TPSA) is 30.9 Å². The van der Waals surface area contributed by atoms with Crippen LogP contribution in [0, 0.1) is 11.3 Å². The van der Waals surface area contributed by atoms with Gasteiger partial charge in [-0.2, -0.15) is 13.2 Å². The molecule has 0 saturated carbocycles. The van der Waals surface area contributed by atoms with Gasteiger partial charge in [-0.25, -0.2) is 0 Å². The third kappa shape index (κ3) is 6.63. The zero-order valence-corrected chi connectivity index (χ0v) is 16.5. The molecule has 2 aliphatic heterocycles. The largest absolute Gasteiger partial charge is 0.401 e. The Hall–Kier alpha value is -0.980. The van der Waals surface area contributed by atoms with E-state index in [9.17, 15) is 13.2 Å². The van der Waals surface area contributed by atoms with Gasteiger partial charge in [-0.15, -0.1) is 0 Å². The molecule has 7 heteroatoms. The van der Waals surface area contributed by atoms with Crippen molar-refractivity contribution in [2.45, 2.75) is 59.1 Å². The first-order chi connectivity index (χ1) is 12.2. The van der Waals surface area contributed by atoms with Crippen LogP contribution in [-0.2, 0) is 0 Å². The van der Waals surface area contributed by atoms with Crippen LogP contribution < -0.4 is 5.32 Å². The summed E-state index contributed by atoms with van der Waals surface area (Å²) in [6, 6.07) is 0.